The van der Waals surface area contributed by atoms with Gasteiger partial charge in [-0.05, 0) is 27.7 Å². The minimum Gasteiger partial charge on any atom is -0.377 e. The van der Waals surface area contributed by atoms with E-state index in [1.165, 1.54) is 0 Å². The zero-order valence-electron chi connectivity index (χ0n) is 11.5. The Balaban J connectivity index is 2.74. The van der Waals surface area contributed by atoms with Gasteiger partial charge < -0.3 is 4.74 Å². The number of nitrogens with two attached hydrogens (primary N) is 1. The van der Waals surface area contributed by atoms with Crippen molar-refractivity contribution in [3.8, 4) is 0 Å². The molecule has 0 amide bonds. The van der Waals surface area contributed by atoms with Gasteiger partial charge in [-0.1, -0.05) is 11.6 Å². The average molecular weight is 275 g/mol. The first-order chi connectivity index (χ1) is 8.49. The molecule has 1 atom stereocenters. The van der Waals surface area contributed by atoms with E-state index in [2.05, 4.69) is 10.5 Å². The normalized spacial score (nSPS) is 13.3. The van der Waals surface area contributed by atoms with Gasteiger partial charge in [-0.3, -0.25) is 16.0 Å². The second-order valence-corrected chi connectivity index (χ2v) is 4.99. The Morgan fingerprint density at radius 2 is 2.17 bits per heavy atom. The standard InChI is InChI=1S/C12H23ClN4O/c1-5-17-11(12(13)9(4)16-17)6-10(15-14)7-18-8(2)3/h8,10,15H,5-7,14H2,1-4H3. The van der Waals surface area contributed by atoms with Gasteiger partial charge in [0.1, 0.15) is 0 Å². The molecule has 0 aliphatic carbocycles. The van der Waals surface area contributed by atoms with Crippen LogP contribution in [0.3, 0.4) is 0 Å². The van der Waals surface area contributed by atoms with Crippen LogP contribution in [0.15, 0.2) is 0 Å². The number of rotatable bonds is 7. The second-order valence-electron chi connectivity index (χ2n) is 4.61. The number of hydrogen-bond donors (Lipinski definition) is 2. The predicted molar refractivity (Wildman–Crippen MR) is 73.6 cm³/mol. The Morgan fingerprint density at radius 3 is 2.67 bits per heavy atom. The van der Waals surface area contributed by atoms with Gasteiger partial charge in [-0.2, -0.15) is 5.10 Å². The monoisotopic (exact) mass is 274 g/mol. The van der Waals surface area contributed by atoms with E-state index in [4.69, 9.17) is 22.2 Å². The third kappa shape index (κ3) is 3.95. The Kier molecular flexibility index (Phi) is 6.08. The summed E-state index contributed by atoms with van der Waals surface area (Å²) < 4.78 is 7.49. The van der Waals surface area contributed by atoms with Crippen LogP contribution in [0.1, 0.15) is 32.2 Å². The summed E-state index contributed by atoms with van der Waals surface area (Å²) in [6, 6.07) is 0.0336. The number of hydrogen-bond acceptors (Lipinski definition) is 4. The highest BCUT2D eigenvalue weighted by Crippen LogP contribution is 2.21. The van der Waals surface area contributed by atoms with Crippen molar-refractivity contribution in [2.24, 2.45) is 5.84 Å². The summed E-state index contributed by atoms with van der Waals surface area (Å²) in [6.07, 6.45) is 0.894. The molecule has 5 nitrogen and oxygen atoms in total. The van der Waals surface area contributed by atoms with Crippen LogP contribution in [0.5, 0.6) is 0 Å². The van der Waals surface area contributed by atoms with E-state index in [0.29, 0.717) is 13.0 Å². The van der Waals surface area contributed by atoms with Gasteiger partial charge in [0.15, 0.2) is 0 Å². The fourth-order valence-corrected chi connectivity index (χ4v) is 1.98. The van der Waals surface area contributed by atoms with Gasteiger partial charge in [0.2, 0.25) is 0 Å². The minimum absolute atomic E-state index is 0.0336. The lowest BCUT2D eigenvalue weighted by atomic mass is 10.1. The van der Waals surface area contributed by atoms with Gasteiger partial charge in [0.05, 0.1) is 35.2 Å². The second kappa shape index (κ2) is 7.09. The summed E-state index contributed by atoms with van der Waals surface area (Å²) in [5, 5.41) is 5.11. The van der Waals surface area contributed by atoms with Crippen LogP contribution < -0.4 is 11.3 Å². The molecule has 0 aliphatic rings. The Hall–Kier alpha value is -0.620. The number of halogens is 1. The molecule has 6 heteroatoms. The summed E-state index contributed by atoms with van der Waals surface area (Å²) in [4.78, 5) is 0. The molecule has 0 aromatic carbocycles. The molecule has 1 aromatic rings. The largest absolute Gasteiger partial charge is 0.377 e. The lowest BCUT2D eigenvalue weighted by Gasteiger charge is -2.18. The van der Waals surface area contributed by atoms with Crippen molar-refractivity contribution in [2.45, 2.75) is 52.8 Å². The molecule has 0 saturated heterocycles. The van der Waals surface area contributed by atoms with Crippen molar-refractivity contribution in [1.29, 1.82) is 0 Å². The fourth-order valence-electron chi connectivity index (χ4n) is 1.77. The maximum absolute atomic E-state index is 6.26. The van der Waals surface area contributed by atoms with Crippen molar-refractivity contribution in [2.75, 3.05) is 6.61 Å². The highest BCUT2D eigenvalue weighted by Gasteiger charge is 2.17. The van der Waals surface area contributed by atoms with E-state index in [1.807, 2.05) is 32.4 Å². The highest BCUT2D eigenvalue weighted by atomic mass is 35.5. The molecular weight excluding hydrogens is 252 g/mol. The fraction of sp³-hybridized carbons (Fsp3) is 0.750. The summed E-state index contributed by atoms with van der Waals surface area (Å²) in [6.45, 7) is 9.31. The highest BCUT2D eigenvalue weighted by molar-refractivity contribution is 6.31. The zero-order valence-corrected chi connectivity index (χ0v) is 12.3. The molecule has 18 heavy (non-hydrogen) atoms. The van der Waals surface area contributed by atoms with Gasteiger partial charge in [-0.25, -0.2) is 0 Å². The van der Waals surface area contributed by atoms with Crippen LogP contribution in [-0.4, -0.2) is 28.5 Å². The molecule has 1 rings (SSSR count). The minimum atomic E-state index is 0.0336. The van der Waals surface area contributed by atoms with Gasteiger partial charge in [0.25, 0.3) is 0 Å². The average Bonchev–Trinajstić information content (AvgIpc) is 2.61. The Morgan fingerprint density at radius 1 is 1.50 bits per heavy atom. The van der Waals surface area contributed by atoms with E-state index in [1.54, 1.807) is 0 Å². The van der Waals surface area contributed by atoms with Crippen molar-refractivity contribution in [1.82, 2.24) is 15.2 Å². The zero-order chi connectivity index (χ0) is 13.7. The molecule has 0 fully saturated rings. The van der Waals surface area contributed by atoms with Crippen LogP contribution >= 0.6 is 11.6 Å². The van der Waals surface area contributed by atoms with Crippen molar-refractivity contribution in [3.05, 3.63) is 16.4 Å². The van der Waals surface area contributed by atoms with Crippen LogP contribution in [0.2, 0.25) is 5.02 Å². The van der Waals surface area contributed by atoms with Crippen molar-refractivity contribution in [3.63, 3.8) is 0 Å². The van der Waals surface area contributed by atoms with Crippen LogP contribution in [0, 0.1) is 6.92 Å². The Labute approximate surface area is 114 Å². The number of nitrogens with one attached hydrogen (secondary N) is 1. The molecule has 104 valence electrons. The number of nitrogens with zero attached hydrogens (tertiary/aromatic N) is 2. The summed E-state index contributed by atoms with van der Waals surface area (Å²) in [5.41, 5.74) is 4.63. The van der Waals surface area contributed by atoms with E-state index in [0.717, 1.165) is 23.0 Å². The molecule has 0 aliphatic heterocycles. The summed E-state index contributed by atoms with van der Waals surface area (Å²) >= 11 is 6.26. The van der Waals surface area contributed by atoms with E-state index >= 15 is 0 Å². The molecule has 1 heterocycles. The first-order valence-corrected chi connectivity index (χ1v) is 6.66. The third-order valence-corrected chi connectivity index (χ3v) is 3.25. The first kappa shape index (κ1) is 15.4. The maximum Gasteiger partial charge on any atom is 0.0847 e. The summed E-state index contributed by atoms with van der Waals surface area (Å²) in [5.74, 6) is 5.55. The lowest BCUT2D eigenvalue weighted by molar-refractivity contribution is 0.0609. The van der Waals surface area contributed by atoms with Crippen LogP contribution in [0.25, 0.3) is 0 Å². The smallest absolute Gasteiger partial charge is 0.0847 e. The van der Waals surface area contributed by atoms with Crippen molar-refractivity contribution >= 4 is 11.6 Å². The van der Waals surface area contributed by atoms with Crippen molar-refractivity contribution < 1.29 is 4.74 Å². The third-order valence-electron chi connectivity index (χ3n) is 2.76. The molecular formula is C12H23ClN4O. The number of hydrazine groups is 1. The first-order valence-electron chi connectivity index (χ1n) is 6.29. The van der Waals surface area contributed by atoms with E-state index < -0.39 is 0 Å². The number of aromatic nitrogens is 2. The molecule has 0 spiro atoms. The van der Waals surface area contributed by atoms with Crippen LogP contribution in [0.4, 0.5) is 0 Å². The van der Waals surface area contributed by atoms with Crippen LogP contribution in [-0.2, 0) is 17.7 Å². The number of ether oxygens (including phenoxy) is 1. The predicted octanol–water partition coefficient (Wildman–Crippen LogP) is 1.66. The van der Waals surface area contributed by atoms with E-state index in [9.17, 15) is 0 Å². The Bertz CT molecular complexity index is 378. The number of aryl methyl sites for hydroxylation is 2. The summed E-state index contributed by atoms with van der Waals surface area (Å²) in [7, 11) is 0. The molecule has 3 N–H and O–H groups in total. The molecule has 0 saturated carbocycles. The molecule has 0 radical (unpaired) electrons. The molecule has 0 bridgehead atoms. The van der Waals surface area contributed by atoms with Gasteiger partial charge in [-0.15, -0.1) is 0 Å². The maximum atomic E-state index is 6.26. The van der Waals surface area contributed by atoms with Gasteiger partial charge in [0, 0.05) is 13.0 Å². The molecule has 1 aromatic heterocycles. The lowest BCUT2D eigenvalue weighted by Crippen LogP contribution is -2.41. The van der Waals surface area contributed by atoms with Gasteiger partial charge >= 0.3 is 0 Å². The van der Waals surface area contributed by atoms with E-state index in [-0.39, 0.29) is 12.1 Å². The quantitative estimate of drug-likeness (QED) is 0.586. The topological polar surface area (TPSA) is 65.1 Å². The molecule has 1 unspecified atom stereocenters. The SMILES string of the molecule is CCn1nc(C)c(Cl)c1CC(COC(C)C)NN.